The molecule has 4 heteroatoms. The minimum atomic E-state index is -0.610. The predicted octanol–water partition coefficient (Wildman–Crippen LogP) is 38.6. The molecule has 2 aromatic heterocycles. The molecule has 0 radical (unpaired) electrons. The highest BCUT2D eigenvalue weighted by atomic mass is 35.5. The third kappa shape index (κ3) is 12.7. The van der Waals surface area contributed by atoms with E-state index in [9.17, 15) is 0 Å². The van der Waals surface area contributed by atoms with Gasteiger partial charge in [0.05, 0.1) is 32.9 Å². The van der Waals surface area contributed by atoms with Gasteiger partial charge in [0, 0.05) is 54.6 Å². The van der Waals surface area contributed by atoms with Crippen LogP contribution in [0.5, 0.6) is 0 Å². The molecule has 2 spiro atoms. The van der Waals surface area contributed by atoms with Crippen LogP contribution >= 0.6 is 23.2 Å². The lowest BCUT2D eigenvalue weighted by Crippen LogP contribution is -2.28. The molecule has 0 aliphatic heterocycles. The third-order valence-corrected chi connectivity index (χ3v) is 32.5. The van der Waals surface area contributed by atoms with Crippen LogP contribution in [0.4, 0.5) is 0 Å². The Balaban J connectivity index is 0.675. The first-order valence-corrected chi connectivity index (χ1v) is 51.4. The Morgan fingerprint density at radius 3 is 0.890 bits per heavy atom. The van der Waals surface area contributed by atoms with Crippen molar-refractivity contribution in [1.29, 1.82) is 0 Å². The number of rotatable bonds is 15. The van der Waals surface area contributed by atoms with Crippen molar-refractivity contribution in [2.24, 2.45) is 0 Å². The summed E-state index contributed by atoms with van der Waals surface area (Å²) in [4.78, 5) is 0. The number of halogens is 2. The van der Waals surface area contributed by atoms with Crippen LogP contribution in [0.15, 0.2) is 515 Å². The third-order valence-electron chi connectivity index (χ3n) is 32.0. The van der Waals surface area contributed by atoms with E-state index in [1.165, 1.54) is 122 Å². The Labute approximate surface area is 858 Å². The number of allylic oxidation sites excluding steroid dienone is 4. The largest absolute Gasteiger partial charge is 0.316 e. The molecule has 5 aliphatic rings. The summed E-state index contributed by atoms with van der Waals surface area (Å²) in [5, 5.41) is 6.20. The van der Waals surface area contributed by atoms with Crippen molar-refractivity contribution in [3.63, 3.8) is 0 Å². The molecule has 0 fully saturated rings. The van der Waals surface area contributed by atoms with Gasteiger partial charge in [-0.15, -0.1) is 0 Å². The van der Waals surface area contributed by atoms with Crippen molar-refractivity contribution < 1.29 is 0 Å². The molecule has 146 heavy (non-hydrogen) atoms. The zero-order valence-corrected chi connectivity index (χ0v) is 81.2. The van der Waals surface area contributed by atoms with Crippen molar-refractivity contribution in [2.45, 2.75) is 23.7 Å². The molecule has 24 aromatic rings. The fraction of sp³-hybridized carbons (Fsp3) is 0.0282. The SMILES string of the molecule is Clc1ccc(-c2c(-c3ccccc3)c(-c3ccccc3)c(-c3ccccc3)c(-c3ccc(-c4c(-c5ccccc5)c(-c5ccccc5)c(-c5ccccc5)c(-c5ccc(-n6c7ccccc7c7ccc8c(c76)C6(c7ccccc7-c7ccccc76)c6ccccc6-8)cc5)c4-c4ccc(Cl)cc4)cc3)c2-c2ccc(C=Cn3c4ccccc4c4ccc5c(c43)C3(C4=C(C=CCC4)c4ccccc43)c3ccccc3-5)cc2)cc1. The van der Waals surface area contributed by atoms with Gasteiger partial charge in [-0.05, 0) is 284 Å². The second kappa shape index (κ2) is 34.0. The lowest BCUT2D eigenvalue weighted by Gasteiger charge is -2.34. The molecule has 1 atom stereocenters. The molecular weight excluding hydrogens is 1800 g/mol. The second-order valence-corrected chi connectivity index (χ2v) is 40.2. The van der Waals surface area contributed by atoms with E-state index in [1.54, 1.807) is 0 Å². The summed E-state index contributed by atoms with van der Waals surface area (Å²) in [6.07, 6.45) is 11.5. The van der Waals surface area contributed by atoms with Gasteiger partial charge in [0.15, 0.2) is 0 Å². The van der Waals surface area contributed by atoms with Gasteiger partial charge in [0.1, 0.15) is 0 Å². The van der Waals surface area contributed by atoms with Crippen molar-refractivity contribution in [1.82, 2.24) is 9.13 Å². The van der Waals surface area contributed by atoms with Crippen LogP contribution in [-0.4, -0.2) is 9.13 Å². The van der Waals surface area contributed by atoms with Crippen LogP contribution in [0, 0.1) is 0 Å². The zero-order valence-electron chi connectivity index (χ0n) is 79.7. The Morgan fingerprint density at radius 2 is 0.500 bits per heavy atom. The summed E-state index contributed by atoms with van der Waals surface area (Å²) >= 11 is 14.4. The molecule has 5 aliphatic carbocycles. The molecule has 22 aromatic carbocycles. The minimum Gasteiger partial charge on any atom is -0.316 e. The van der Waals surface area contributed by atoms with Gasteiger partial charge in [-0.25, -0.2) is 0 Å². The standard InChI is InChI=1S/C142H90Cl2N2/c143-102-77-71-99(72-78-102)134-129(94-43-15-5-16-44-94)125(90-35-7-1-8-36-90)127(92-39-11-3-12-40-92)132(131(134)96-65-63-89(64-66-96)87-88-145-123-61-33-25-53-111(123)115-85-83-113-109-51-23-31-59-121(109)141(137(113)139(115)145)117-55-27-19-47-105(117)106-48-20-28-56-118(106)141)97-67-69-98(70-68-97)133-128(93-41-13-4-14-42-93)126(91-37-9-2-10-38-91)130(95-45-17-6-18-46-95)136(135(133)100-73-79-103(144)80-74-100)101-75-81-104(82-76-101)146-124-62-34-26-54-112(124)116-86-84-114-110-52-24-32-60-122(110)142(138(114)140(116)146)119-57-29-21-49-107(119)108-50-22-30-58-120(108)142/h1-27,29-55,57-88H,28,56H2. The van der Waals surface area contributed by atoms with Crippen LogP contribution < -0.4 is 0 Å². The highest BCUT2D eigenvalue weighted by Gasteiger charge is 2.56. The van der Waals surface area contributed by atoms with Crippen LogP contribution in [0.25, 0.3) is 234 Å². The lowest BCUT2D eigenvalue weighted by atomic mass is 9.67. The maximum atomic E-state index is 7.25. The summed E-state index contributed by atoms with van der Waals surface area (Å²) in [5.74, 6) is 0. The van der Waals surface area contributed by atoms with E-state index in [1.807, 2.05) is 0 Å². The maximum absolute atomic E-state index is 7.25. The second-order valence-electron chi connectivity index (χ2n) is 39.3. The number of hydrogen-bond donors (Lipinski definition) is 0. The van der Waals surface area contributed by atoms with Crippen LogP contribution in [-0.2, 0) is 10.8 Å². The molecule has 0 amide bonds. The van der Waals surface area contributed by atoms with Gasteiger partial charge in [0.2, 0.25) is 0 Å². The molecule has 2 nitrogen and oxygen atoms in total. The fourth-order valence-corrected chi connectivity index (χ4v) is 26.6. The van der Waals surface area contributed by atoms with Crippen molar-refractivity contribution in [3.05, 3.63) is 575 Å². The van der Waals surface area contributed by atoms with Gasteiger partial charge in [0.25, 0.3) is 0 Å². The molecule has 0 bridgehead atoms. The first-order valence-electron chi connectivity index (χ1n) is 50.7. The van der Waals surface area contributed by atoms with E-state index in [0.717, 1.165) is 169 Å². The highest BCUT2D eigenvalue weighted by molar-refractivity contribution is 6.31. The predicted molar refractivity (Wildman–Crippen MR) is 614 cm³/mol. The van der Waals surface area contributed by atoms with Gasteiger partial charge < -0.3 is 9.13 Å². The summed E-state index contributed by atoms with van der Waals surface area (Å²) in [7, 11) is 0. The topological polar surface area (TPSA) is 9.86 Å². The van der Waals surface area contributed by atoms with Crippen LogP contribution in [0.1, 0.15) is 62.9 Å². The fourth-order valence-electron chi connectivity index (χ4n) is 26.4. The van der Waals surface area contributed by atoms with E-state index in [4.69, 9.17) is 23.2 Å². The van der Waals surface area contributed by atoms with Crippen LogP contribution in [0.3, 0.4) is 0 Å². The Hall–Kier alpha value is -17.8. The number of nitrogens with zero attached hydrogens (tertiary/aromatic N) is 2. The highest BCUT2D eigenvalue weighted by Crippen LogP contribution is 2.69. The molecule has 682 valence electrons. The summed E-state index contributed by atoms with van der Waals surface area (Å²) in [6.45, 7) is 0. The lowest BCUT2D eigenvalue weighted by molar-refractivity contribution is 0.717. The molecule has 0 saturated heterocycles. The number of para-hydroxylation sites is 2. The number of benzene rings is 22. The average Bonchev–Trinajstić information content (AvgIpc) is 1.49. The Morgan fingerprint density at radius 1 is 0.219 bits per heavy atom. The van der Waals surface area contributed by atoms with Crippen molar-refractivity contribution >= 4 is 84.7 Å². The summed E-state index contributed by atoms with van der Waals surface area (Å²) in [5.41, 5.74) is 52.9. The number of aromatic nitrogens is 2. The van der Waals surface area contributed by atoms with E-state index in [2.05, 4.69) is 531 Å². The summed E-state index contributed by atoms with van der Waals surface area (Å²) < 4.78 is 5.11. The first kappa shape index (κ1) is 85.1. The minimum absolute atomic E-state index is 0.488. The molecular formula is C142H90Cl2N2. The van der Waals surface area contributed by atoms with Gasteiger partial charge in [-0.1, -0.05) is 484 Å². The van der Waals surface area contributed by atoms with Gasteiger partial charge in [-0.3, -0.25) is 0 Å². The molecule has 2 heterocycles. The van der Waals surface area contributed by atoms with Gasteiger partial charge >= 0.3 is 0 Å². The maximum Gasteiger partial charge on any atom is 0.0746 e. The monoisotopic (exact) mass is 1890 g/mol. The smallest absolute Gasteiger partial charge is 0.0746 e. The Bertz CT molecular complexity index is 9520. The molecule has 0 saturated carbocycles. The first-order chi connectivity index (χ1) is 72.3. The van der Waals surface area contributed by atoms with Gasteiger partial charge in [-0.2, -0.15) is 0 Å². The molecule has 29 rings (SSSR count). The molecule has 1 unspecified atom stereocenters. The van der Waals surface area contributed by atoms with E-state index in [0.29, 0.717) is 10.0 Å². The number of hydrogen-bond acceptors (Lipinski definition) is 0. The van der Waals surface area contributed by atoms with E-state index in [-0.39, 0.29) is 0 Å². The quantitative estimate of drug-likeness (QED) is 0.0968. The van der Waals surface area contributed by atoms with E-state index >= 15 is 0 Å². The van der Waals surface area contributed by atoms with Crippen molar-refractivity contribution in [2.75, 3.05) is 0 Å². The van der Waals surface area contributed by atoms with E-state index < -0.39 is 10.8 Å². The van der Waals surface area contributed by atoms with Crippen LogP contribution in [0.2, 0.25) is 10.0 Å². The normalized spacial score (nSPS) is 14.2. The average molecular weight is 1900 g/mol. The van der Waals surface area contributed by atoms with Crippen molar-refractivity contribution in [3.8, 4) is 173 Å². The Kier molecular flexibility index (Phi) is 19.8. The molecule has 0 N–H and O–H groups in total. The number of fused-ring (bicyclic) bond motifs is 27. The zero-order chi connectivity index (χ0) is 96.4. The summed E-state index contributed by atoms with van der Waals surface area (Å²) in [6, 6.07) is 186.